The molecule has 0 aliphatic rings. The van der Waals surface area contributed by atoms with Crippen LogP contribution in [0.25, 0.3) is 11.0 Å². The minimum Gasteiger partial charge on any atom is -0.451 e. The van der Waals surface area contributed by atoms with E-state index in [4.69, 9.17) is 16.0 Å². The largest absolute Gasteiger partial charge is 0.451 e. The van der Waals surface area contributed by atoms with E-state index in [9.17, 15) is 13.2 Å². The summed E-state index contributed by atoms with van der Waals surface area (Å²) in [6, 6.07) is 13.0. The van der Waals surface area contributed by atoms with Crippen LogP contribution in [0.1, 0.15) is 10.6 Å². The highest BCUT2D eigenvalue weighted by molar-refractivity contribution is 7.92. The fraction of sp³-hybridized carbons (Fsp3) is 0.0625. The topological polar surface area (TPSA) is 88.4 Å². The molecule has 8 heteroatoms. The summed E-state index contributed by atoms with van der Waals surface area (Å²) in [6.07, 6.45) is 1.05. The molecule has 0 bridgehead atoms. The summed E-state index contributed by atoms with van der Waals surface area (Å²) in [5.41, 5.74) is 1.34. The zero-order chi connectivity index (χ0) is 17.3. The fourth-order valence-electron chi connectivity index (χ4n) is 2.19. The van der Waals surface area contributed by atoms with Crippen LogP contribution in [0.5, 0.6) is 0 Å². The summed E-state index contributed by atoms with van der Waals surface area (Å²) < 4.78 is 30.3. The Kier molecular flexibility index (Phi) is 4.21. The average Bonchev–Trinajstić information content (AvgIpc) is 2.89. The number of carbonyl (C=O) groups is 1. The number of carbonyl (C=O) groups excluding carboxylic acids is 1. The lowest BCUT2D eigenvalue weighted by Gasteiger charge is -2.07. The molecule has 0 atom stereocenters. The highest BCUT2D eigenvalue weighted by Gasteiger charge is 2.13. The second kappa shape index (κ2) is 6.18. The lowest BCUT2D eigenvalue weighted by Crippen LogP contribution is -2.12. The molecule has 3 rings (SSSR count). The third-order valence-corrected chi connectivity index (χ3v) is 3.97. The van der Waals surface area contributed by atoms with Crippen LogP contribution < -0.4 is 10.0 Å². The number of halogens is 1. The maximum Gasteiger partial charge on any atom is 0.291 e. The molecule has 1 amide bonds. The SMILES string of the molecule is CS(=O)(=O)Nc1cccc(NC(=O)c2cc3cc(Cl)ccc3o2)c1. The van der Waals surface area contributed by atoms with Gasteiger partial charge in [0.05, 0.1) is 11.9 Å². The summed E-state index contributed by atoms with van der Waals surface area (Å²) in [4.78, 5) is 12.3. The molecular weight excluding hydrogens is 352 g/mol. The molecule has 0 fully saturated rings. The Bertz CT molecular complexity index is 1030. The highest BCUT2D eigenvalue weighted by Crippen LogP contribution is 2.24. The van der Waals surface area contributed by atoms with Gasteiger partial charge in [0.2, 0.25) is 10.0 Å². The fourth-order valence-corrected chi connectivity index (χ4v) is 2.93. The number of benzene rings is 2. The second-order valence-corrected chi connectivity index (χ2v) is 7.39. The number of hydrogen-bond donors (Lipinski definition) is 2. The summed E-state index contributed by atoms with van der Waals surface area (Å²) in [6.45, 7) is 0. The molecule has 0 unspecified atom stereocenters. The van der Waals surface area contributed by atoms with E-state index in [0.29, 0.717) is 22.0 Å². The monoisotopic (exact) mass is 364 g/mol. The maximum atomic E-state index is 12.3. The van der Waals surface area contributed by atoms with Crippen LogP contribution in [-0.2, 0) is 10.0 Å². The number of fused-ring (bicyclic) bond motifs is 1. The Morgan fingerprint density at radius 3 is 2.58 bits per heavy atom. The van der Waals surface area contributed by atoms with E-state index in [-0.39, 0.29) is 5.76 Å². The van der Waals surface area contributed by atoms with Gasteiger partial charge in [0.25, 0.3) is 5.91 Å². The number of anilines is 2. The van der Waals surface area contributed by atoms with Crippen LogP contribution in [0.2, 0.25) is 5.02 Å². The lowest BCUT2D eigenvalue weighted by molar-refractivity contribution is 0.0998. The van der Waals surface area contributed by atoms with Gasteiger partial charge in [-0.1, -0.05) is 17.7 Å². The predicted octanol–water partition coefficient (Wildman–Crippen LogP) is 3.71. The summed E-state index contributed by atoms with van der Waals surface area (Å²) in [7, 11) is -3.39. The van der Waals surface area contributed by atoms with Crippen molar-refractivity contribution in [3.63, 3.8) is 0 Å². The first-order valence-electron chi connectivity index (χ1n) is 6.88. The molecule has 3 aromatic rings. The molecule has 6 nitrogen and oxygen atoms in total. The Morgan fingerprint density at radius 1 is 1.08 bits per heavy atom. The molecule has 0 saturated heterocycles. The van der Waals surface area contributed by atoms with Crippen molar-refractivity contribution in [3.8, 4) is 0 Å². The Hall–Kier alpha value is -2.51. The molecule has 0 spiro atoms. The molecule has 1 heterocycles. The molecule has 0 radical (unpaired) electrons. The number of amides is 1. The zero-order valence-electron chi connectivity index (χ0n) is 12.5. The van der Waals surface area contributed by atoms with Gasteiger partial charge in [-0.3, -0.25) is 9.52 Å². The molecule has 24 heavy (non-hydrogen) atoms. The van der Waals surface area contributed by atoms with E-state index >= 15 is 0 Å². The van der Waals surface area contributed by atoms with E-state index < -0.39 is 15.9 Å². The van der Waals surface area contributed by atoms with E-state index in [0.717, 1.165) is 11.6 Å². The minimum absolute atomic E-state index is 0.133. The first-order valence-corrected chi connectivity index (χ1v) is 9.15. The Balaban J connectivity index is 1.82. The molecule has 0 aliphatic carbocycles. The normalized spacial score (nSPS) is 11.4. The van der Waals surface area contributed by atoms with Crippen molar-refractivity contribution in [2.75, 3.05) is 16.3 Å². The smallest absolute Gasteiger partial charge is 0.291 e. The molecule has 0 aliphatic heterocycles. The number of nitrogens with one attached hydrogen (secondary N) is 2. The van der Waals surface area contributed by atoms with Gasteiger partial charge in [0, 0.05) is 16.1 Å². The van der Waals surface area contributed by atoms with Crippen LogP contribution in [0.3, 0.4) is 0 Å². The number of rotatable bonds is 4. The van der Waals surface area contributed by atoms with Crippen molar-refractivity contribution in [3.05, 3.63) is 59.3 Å². The van der Waals surface area contributed by atoms with E-state index in [1.54, 1.807) is 42.5 Å². The Labute approximate surface area is 143 Å². The quantitative estimate of drug-likeness (QED) is 0.738. The summed E-state index contributed by atoms with van der Waals surface area (Å²) >= 11 is 5.91. The molecule has 124 valence electrons. The predicted molar refractivity (Wildman–Crippen MR) is 94.1 cm³/mol. The molecule has 1 aromatic heterocycles. The van der Waals surface area contributed by atoms with Gasteiger partial charge < -0.3 is 9.73 Å². The van der Waals surface area contributed by atoms with Crippen LogP contribution in [-0.4, -0.2) is 20.6 Å². The highest BCUT2D eigenvalue weighted by atomic mass is 35.5. The number of hydrogen-bond acceptors (Lipinski definition) is 4. The van der Waals surface area contributed by atoms with Crippen molar-refractivity contribution in [1.29, 1.82) is 0 Å². The standard InChI is InChI=1S/C16H13ClN2O4S/c1-24(21,22)19-13-4-2-3-12(9-13)18-16(20)15-8-10-7-11(17)5-6-14(10)23-15/h2-9,19H,1H3,(H,18,20). The van der Waals surface area contributed by atoms with Crippen molar-refractivity contribution >= 4 is 49.9 Å². The van der Waals surface area contributed by atoms with Gasteiger partial charge in [0.15, 0.2) is 5.76 Å². The van der Waals surface area contributed by atoms with Gasteiger partial charge in [-0.2, -0.15) is 0 Å². The third-order valence-electron chi connectivity index (χ3n) is 3.13. The van der Waals surface area contributed by atoms with Gasteiger partial charge in [0.1, 0.15) is 5.58 Å². The molecule has 0 saturated carbocycles. The average molecular weight is 365 g/mol. The van der Waals surface area contributed by atoms with Crippen LogP contribution in [0.15, 0.2) is 52.9 Å². The minimum atomic E-state index is -3.39. The van der Waals surface area contributed by atoms with Gasteiger partial charge in [-0.15, -0.1) is 0 Å². The first kappa shape index (κ1) is 16.4. The molecular formula is C16H13ClN2O4S. The van der Waals surface area contributed by atoms with Crippen molar-refractivity contribution in [2.45, 2.75) is 0 Å². The zero-order valence-corrected chi connectivity index (χ0v) is 14.1. The maximum absolute atomic E-state index is 12.3. The van der Waals surface area contributed by atoms with Gasteiger partial charge in [-0.05, 0) is 42.5 Å². The van der Waals surface area contributed by atoms with Crippen molar-refractivity contribution in [2.24, 2.45) is 0 Å². The van der Waals surface area contributed by atoms with E-state index in [1.165, 1.54) is 6.07 Å². The second-order valence-electron chi connectivity index (χ2n) is 5.20. The van der Waals surface area contributed by atoms with Crippen LogP contribution in [0, 0.1) is 0 Å². The van der Waals surface area contributed by atoms with Gasteiger partial charge >= 0.3 is 0 Å². The third kappa shape index (κ3) is 3.87. The van der Waals surface area contributed by atoms with Crippen LogP contribution in [0.4, 0.5) is 11.4 Å². The molecule has 2 N–H and O–H groups in total. The summed E-state index contributed by atoms with van der Waals surface area (Å²) in [5, 5.41) is 3.93. The lowest BCUT2D eigenvalue weighted by atomic mass is 10.2. The molecule has 2 aromatic carbocycles. The van der Waals surface area contributed by atoms with Crippen molar-refractivity contribution < 1.29 is 17.6 Å². The first-order chi connectivity index (χ1) is 11.3. The number of furan rings is 1. The van der Waals surface area contributed by atoms with E-state index in [2.05, 4.69) is 10.0 Å². The van der Waals surface area contributed by atoms with Crippen molar-refractivity contribution in [1.82, 2.24) is 0 Å². The summed E-state index contributed by atoms with van der Waals surface area (Å²) in [5.74, 6) is -0.312. The van der Waals surface area contributed by atoms with Crippen LogP contribution >= 0.6 is 11.6 Å². The van der Waals surface area contributed by atoms with Gasteiger partial charge in [-0.25, -0.2) is 8.42 Å². The van der Waals surface area contributed by atoms with E-state index in [1.807, 2.05) is 0 Å². The Morgan fingerprint density at radius 2 is 1.83 bits per heavy atom. The number of sulfonamides is 1.